The zero-order chi connectivity index (χ0) is 15.5. The maximum Gasteiger partial charge on any atom is 0.305 e. The molecule has 1 aromatic rings. The van der Waals surface area contributed by atoms with Crippen molar-refractivity contribution in [3.05, 3.63) is 29.3 Å². The Kier molecular flexibility index (Phi) is 4.50. The number of fused-ring (bicyclic) bond motifs is 1. The van der Waals surface area contributed by atoms with Crippen LogP contribution in [0.4, 0.5) is 0 Å². The number of carboxylic acids is 1. The van der Waals surface area contributed by atoms with Crippen molar-refractivity contribution < 1.29 is 19.4 Å². The topological polar surface area (TPSA) is 75.6 Å². The Labute approximate surface area is 124 Å². The summed E-state index contributed by atoms with van der Waals surface area (Å²) < 4.78 is 5.48. The Bertz CT molecular complexity index is 551. The summed E-state index contributed by atoms with van der Waals surface area (Å²) in [4.78, 5) is 22.5. The molecule has 114 valence electrons. The number of amides is 1. The summed E-state index contributed by atoms with van der Waals surface area (Å²) in [6.45, 7) is 3.24. The van der Waals surface area contributed by atoms with Crippen molar-refractivity contribution in [1.29, 1.82) is 0 Å². The average molecular weight is 291 g/mol. The summed E-state index contributed by atoms with van der Waals surface area (Å²) in [5, 5.41) is 11.4. The van der Waals surface area contributed by atoms with E-state index in [0.29, 0.717) is 5.75 Å². The molecule has 0 aromatic heterocycles. The molecule has 1 aliphatic carbocycles. The van der Waals surface area contributed by atoms with Gasteiger partial charge in [0.25, 0.3) is 5.91 Å². The molecular weight excluding hydrogens is 270 g/mol. The van der Waals surface area contributed by atoms with Gasteiger partial charge in [0.2, 0.25) is 0 Å². The maximum atomic E-state index is 11.8. The highest BCUT2D eigenvalue weighted by molar-refractivity contribution is 5.79. The number of ether oxygens (including phenoxy) is 1. The van der Waals surface area contributed by atoms with Crippen LogP contribution in [0.2, 0.25) is 0 Å². The maximum absolute atomic E-state index is 11.8. The largest absolute Gasteiger partial charge is 0.484 e. The number of carboxylic acid groups (broad SMARTS) is 1. The van der Waals surface area contributed by atoms with Crippen LogP contribution in [0.1, 0.15) is 37.8 Å². The van der Waals surface area contributed by atoms with Crippen LogP contribution in [0.3, 0.4) is 0 Å². The Hall–Kier alpha value is -2.04. The molecule has 1 aliphatic rings. The lowest BCUT2D eigenvalue weighted by molar-refractivity contribution is -0.138. The van der Waals surface area contributed by atoms with Gasteiger partial charge in [-0.15, -0.1) is 0 Å². The van der Waals surface area contributed by atoms with Crippen LogP contribution in [-0.2, 0) is 22.4 Å². The molecule has 5 heteroatoms. The van der Waals surface area contributed by atoms with Gasteiger partial charge in [-0.25, -0.2) is 0 Å². The molecule has 0 unspecified atom stereocenters. The zero-order valence-electron chi connectivity index (χ0n) is 12.4. The average Bonchev–Trinajstić information content (AvgIpc) is 2.81. The van der Waals surface area contributed by atoms with Crippen LogP contribution >= 0.6 is 0 Å². The molecule has 2 rings (SSSR count). The van der Waals surface area contributed by atoms with Gasteiger partial charge in [0.05, 0.1) is 6.42 Å². The number of aryl methyl sites for hydroxylation is 2. The molecule has 0 spiro atoms. The summed E-state index contributed by atoms with van der Waals surface area (Å²) in [7, 11) is 0. The number of aliphatic carboxylic acids is 1. The van der Waals surface area contributed by atoms with Crippen LogP contribution < -0.4 is 10.1 Å². The van der Waals surface area contributed by atoms with Crippen molar-refractivity contribution in [3.8, 4) is 5.75 Å². The monoisotopic (exact) mass is 291 g/mol. The van der Waals surface area contributed by atoms with E-state index in [2.05, 4.69) is 5.32 Å². The molecule has 21 heavy (non-hydrogen) atoms. The lowest BCUT2D eigenvalue weighted by Crippen LogP contribution is -2.46. The van der Waals surface area contributed by atoms with Crippen molar-refractivity contribution in [3.63, 3.8) is 0 Å². The van der Waals surface area contributed by atoms with Crippen molar-refractivity contribution in [1.82, 2.24) is 5.32 Å². The number of carbonyl (C=O) groups excluding carboxylic acids is 1. The van der Waals surface area contributed by atoms with Crippen LogP contribution in [0.25, 0.3) is 0 Å². The summed E-state index contributed by atoms with van der Waals surface area (Å²) in [5.74, 6) is -0.580. The van der Waals surface area contributed by atoms with E-state index < -0.39 is 11.5 Å². The number of rotatable bonds is 6. The molecule has 0 bridgehead atoms. The summed E-state index contributed by atoms with van der Waals surface area (Å²) >= 11 is 0. The molecule has 0 aliphatic heterocycles. The predicted octanol–water partition coefficient (Wildman–Crippen LogP) is 1.92. The molecule has 0 saturated heterocycles. The SMILES string of the molecule is CC(C)(CC(=O)O)NC(=O)COc1ccc2c(c1)CCC2. The third-order valence-corrected chi connectivity index (χ3v) is 3.51. The molecule has 1 aromatic carbocycles. The van der Waals surface area contributed by atoms with Crippen LogP contribution in [0.15, 0.2) is 18.2 Å². The predicted molar refractivity (Wildman–Crippen MR) is 78.4 cm³/mol. The Morgan fingerprint density at radius 1 is 1.29 bits per heavy atom. The molecule has 0 radical (unpaired) electrons. The number of carbonyl (C=O) groups is 2. The van der Waals surface area contributed by atoms with E-state index >= 15 is 0 Å². The normalized spacial score (nSPS) is 13.6. The summed E-state index contributed by atoms with van der Waals surface area (Å²) in [5.41, 5.74) is 1.86. The summed E-state index contributed by atoms with van der Waals surface area (Å²) in [6, 6.07) is 5.90. The molecular formula is C16H21NO4. The van der Waals surface area contributed by atoms with Crippen molar-refractivity contribution in [2.45, 2.75) is 45.1 Å². The Morgan fingerprint density at radius 3 is 2.71 bits per heavy atom. The van der Waals surface area contributed by atoms with Gasteiger partial charge in [-0.3, -0.25) is 9.59 Å². The second-order valence-electron chi connectivity index (χ2n) is 6.08. The van der Waals surface area contributed by atoms with E-state index in [0.717, 1.165) is 12.8 Å². The molecule has 5 nitrogen and oxygen atoms in total. The van der Waals surface area contributed by atoms with E-state index in [9.17, 15) is 9.59 Å². The van der Waals surface area contributed by atoms with E-state index in [4.69, 9.17) is 9.84 Å². The minimum atomic E-state index is -0.945. The van der Waals surface area contributed by atoms with Gasteiger partial charge in [0.15, 0.2) is 6.61 Å². The van der Waals surface area contributed by atoms with Crippen LogP contribution in [-0.4, -0.2) is 29.1 Å². The van der Waals surface area contributed by atoms with Gasteiger partial charge in [-0.05, 0) is 56.4 Å². The molecule has 0 atom stereocenters. The fourth-order valence-corrected chi connectivity index (χ4v) is 2.62. The number of nitrogens with one attached hydrogen (secondary N) is 1. The highest BCUT2D eigenvalue weighted by atomic mass is 16.5. The van der Waals surface area contributed by atoms with Gasteiger partial charge < -0.3 is 15.2 Å². The second kappa shape index (κ2) is 6.16. The standard InChI is InChI=1S/C16H21NO4/c1-16(2,9-15(19)20)17-14(18)10-21-13-7-6-11-4-3-5-12(11)8-13/h6-8H,3-5,9-10H2,1-2H3,(H,17,18)(H,19,20). The minimum Gasteiger partial charge on any atom is -0.484 e. The zero-order valence-corrected chi connectivity index (χ0v) is 12.4. The quantitative estimate of drug-likeness (QED) is 0.839. The highest BCUT2D eigenvalue weighted by Gasteiger charge is 2.24. The Morgan fingerprint density at radius 2 is 2.00 bits per heavy atom. The number of hydrogen-bond donors (Lipinski definition) is 2. The molecule has 0 saturated carbocycles. The van der Waals surface area contributed by atoms with E-state index in [1.807, 2.05) is 18.2 Å². The first-order chi connectivity index (χ1) is 9.85. The van der Waals surface area contributed by atoms with Gasteiger partial charge in [-0.1, -0.05) is 6.07 Å². The van der Waals surface area contributed by atoms with Crippen molar-refractivity contribution >= 4 is 11.9 Å². The van der Waals surface area contributed by atoms with Crippen LogP contribution in [0, 0.1) is 0 Å². The fourth-order valence-electron chi connectivity index (χ4n) is 2.62. The molecule has 0 heterocycles. The first kappa shape index (κ1) is 15.4. The number of benzene rings is 1. The van der Waals surface area contributed by atoms with Gasteiger partial charge >= 0.3 is 5.97 Å². The minimum absolute atomic E-state index is 0.109. The first-order valence-corrected chi connectivity index (χ1v) is 7.13. The third-order valence-electron chi connectivity index (χ3n) is 3.51. The fraction of sp³-hybridized carbons (Fsp3) is 0.500. The lowest BCUT2D eigenvalue weighted by Gasteiger charge is -2.24. The van der Waals surface area contributed by atoms with Gasteiger partial charge in [0, 0.05) is 5.54 Å². The molecule has 2 N–H and O–H groups in total. The van der Waals surface area contributed by atoms with Crippen molar-refractivity contribution in [2.75, 3.05) is 6.61 Å². The van der Waals surface area contributed by atoms with E-state index in [1.54, 1.807) is 13.8 Å². The van der Waals surface area contributed by atoms with Crippen LogP contribution in [0.5, 0.6) is 5.75 Å². The van der Waals surface area contributed by atoms with Gasteiger partial charge in [0.1, 0.15) is 5.75 Å². The van der Waals surface area contributed by atoms with E-state index in [-0.39, 0.29) is 18.9 Å². The Balaban J connectivity index is 1.85. The highest BCUT2D eigenvalue weighted by Crippen LogP contribution is 2.25. The molecule has 0 fully saturated rings. The number of hydrogen-bond acceptors (Lipinski definition) is 3. The first-order valence-electron chi connectivity index (χ1n) is 7.13. The smallest absolute Gasteiger partial charge is 0.305 e. The third kappa shape index (κ3) is 4.48. The van der Waals surface area contributed by atoms with Gasteiger partial charge in [-0.2, -0.15) is 0 Å². The summed E-state index contributed by atoms with van der Waals surface area (Å²) in [6.07, 6.45) is 3.21. The lowest BCUT2D eigenvalue weighted by atomic mass is 10.0. The van der Waals surface area contributed by atoms with Crippen molar-refractivity contribution in [2.24, 2.45) is 0 Å². The van der Waals surface area contributed by atoms with E-state index in [1.165, 1.54) is 17.5 Å². The second-order valence-corrected chi connectivity index (χ2v) is 6.08. The molecule has 1 amide bonds.